The smallest absolute Gasteiger partial charge is 0.412 e. The molecule has 2 rings (SSSR count). The van der Waals surface area contributed by atoms with E-state index >= 15 is 0 Å². The lowest BCUT2D eigenvalue weighted by molar-refractivity contribution is -0.116. The van der Waals surface area contributed by atoms with Crippen molar-refractivity contribution in [1.82, 2.24) is 0 Å². The Hall–Kier alpha value is -3.29. The molecule has 7 nitrogen and oxygen atoms in total. The van der Waals surface area contributed by atoms with Gasteiger partial charge in [0.05, 0.1) is 25.6 Å². The molecule has 0 spiro atoms. The first kappa shape index (κ1) is 23.0. The van der Waals surface area contributed by atoms with E-state index in [2.05, 4.69) is 10.6 Å². The highest BCUT2D eigenvalue weighted by molar-refractivity contribution is 5.97. The average Bonchev–Trinajstić information content (AvgIpc) is 2.66. The molecule has 0 aliphatic carbocycles. The van der Waals surface area contributed by atoms with Crippen LogP contribution in [-0.2, 0) is 16.0 Å². The summed E-state index contributed by atoms with van der Waals surface area (Å²) in [6.07, 6.45) is -0.201. The van der Waals surface area contributed by atoms with Gasteiger partial charge in [-0.25, -0.2) is 9.18 Å². The number of benzene rings is 2. The highest BCUT2D eigenvalue weighted by atomic mass is 19.1. The Balaban J connectivity index is 2.08. The molecule has 0 aromatic heterocycles. The maximum absolute atomic E-state index is 13.7. The van der Waals surface area contributed by atoms with Crippen LogP contribution in [-0.4, -0.2) is 31.8 Å². The maximum atomic E-state index is 13.7. The molecule has 2 amide bonds. The maximum Gasteiger partial charge on any atom is 0.412 e. The first-order chi connectivity index (χ1) is 14.1. The fourth-order valence-corrected chi connectivity index (χ4v) is 2.68. The van der Waals surface area contributed by atoms with Gasteiger partial charge in [0.15, 0.2) is 0 Å². The third-order valence-corrected chi connectivity index (χ3v) is 4.00. The zero-order valence-electron chi connectivity index (χ0n) is 17.8. The number of methoxy groups -OCH3 is 2. The SMILES string of the molecule is COc1ccc(OC)c(CCC(=O)Nc2cc(F)ccc2NC(=O)OC(C)(C)C)c1. The molecule has 0 aliphatic rings. The van der Waals surface area contributed by atoms with Gasteiger partial charge in [0.25, 0.3) is 0 Å². The molecule has 0 atom stereocenters. The molecule has 0 fully saturated rings. The van der Waals surface area contributed by atoms with E-state index in [0.29, 0.717) is 17.9 Å². The number of ether oxygens (including phenoxy) is 3. The van der Waals surface area contributed by atoms with Gasteiger partial charge in [-0.1, -0.05) is 0 Å². The zero-order valence-corrected chi connectivity index (χ0v) is 17.8. The molecule has 0 heterocycles. The van der Waals surface area contributed by atoms with Gasteiger partial charge in [-0.15, -0.1) is 0 Å². The second-order valence-corrected chi connectivity index (χ2v) is 7.54. The van der Waals surface area contributed by atoms with Crippen LogP contribution in [0.3, 0.4) is 0 Å². The van der Waals surface area contributed by atoms with Crippen molar-refractivity contribution in [1.29, 1.82) is 0 Å². The number of halogens is 1. The number of carbonyl (C=O) groups is 2. The number of nitrogens with one attached hydrogen (secondary N) is 2. The molecular weight excluding hydrogens is 391 g/mol. The van der Waals surface area contributed by atoms with Gasteiger partial charge in [0, 0.05) is 6.42 Å². The minimum absolute atomic E-state index is 0.117. The van der Waals surface area contributed by atoms with Crippen LogP contribution in [0.15, 0.2) is 36.4 Å². The van der Waals surface area contributed by atoms with Crippen LogP contribution < -0.4 is 20.1 Å². The van der Waals surface area contributed by atoms with E-state index in [1.165, 1.54) is 12.1 Å². The molecule has 8 heteroatoms. The predicted octanol–water partition coefficient (Wildman–Crippen LogP) is 4.76. The van der Waals surface area contributed by atoms with Crippen molar-refractivity contribution < 1.29 is 28.2 Å². The van der Waals surface area contributed by atoms with Crippen molar-refractivity contribution in [3.8, 4) is 11.5 Å². The summed E-state index contributed by atoms with van der Waals surface area (Å²) in [6.45, 7) is 5.19. The summed E-state index contributed by atoms with van der Waals surface area (Å²) in [5.41, 5.74) is 0.489. The summed E-state index contributed by atoms with van der Waals surface area (Å²) in [5.74, 6) is 0.397. The Bertz CT molecular complexity index is 909. The molecule has 0 aliphatic heterocycles. The van der Waals surface area contributed by atoms with Gasteiger partial charge in [-0.05, 0) is 69.2 Å². The standard InChI is InChI=1S/C22H27FN2O5/c1-22(2,3)30-21(27)25-17-9-7-15(23)13-18(17)24-20(26)11-6-14-12-16(28-4)8-10-19(14)29-5/h7-10,12-13H,6,11H2,1-5H3,(H,24,26)(H,25,27). The van der Waals surface area contributed by atoms with Crippen LogP contribution in [0.2, 0.25) is 0 Å². The number of aryl methyl sites for hydroxylation is 1. The molecule has 0 unspecified atom stereocenters. The minimum atomic E-state index is -0.703. The molecule has 0 bridgehead atoms. The molecule has 30 heavy (non-hydrogen) atoms. The van der Waals surface area contributed by atoms with Gasteiger partial charge in [0.2, 0.25) is 5.91 Å². The summed E-state index contributed by atoms with van der Waals surface area (Å²) >= 11 is 0. The van der Waals surface area contributed by atoms with E-state index in [4.69, 9.17) is 14.2 Å². The van der Waals surface area contributed by atoms with Crippen LogP contribution in [0, 0.1) is 5.82 Å². The molecule has 0 radical (unpaired) electrons. The second-order valence-electron chi connectivity index (χ2n) is 7.54. The van der Waals surface area contributed by atoms with E-state index in [1.54, 1.807) is 53.2 Å². The van der Waals surface area contributed by atoms with E-state index in [-0.39, 0.29) is 23.7 Å². The summed E-state index contributed by atoms with van der Waals surface area (Å²) in [4.78, 5) is 24.5. The van der Waals surface area contributed by atoms with Crippen molar-refractivity contribution in [2.75, 3.05) is 24.9 Å². The van der Waals surface area contributed by atoms with Crippen LogP contribution in [0.4, 0.5) is 20.6 Å². The number of hydrogen-bond donors (Lipinski definition) is 2. The Kier molecular flexibility index (Phi) is 7.63. The Labute approximate surface area is 175 Å². The monoisotopic (exact) mass is 418 g/mol. The summed E-state index contributed by atoms with van der Waals surface area (Å²) in [6, 6.07) is 9.01. The van der Waals surface area contributed by atoms with Gasteiger partial charge < -0.3 is 19.5 Å². The molecule has 2 aromatic rings. The van der Waals surface area contributed by atoms with Crippen molar-refractivity contribution >= 4 is 23.4 Å². The first-order valence-electron chi connectivity index (χ1n) is 9.41. The summed E-state index contributed by atoms with van der Waals surface area (Å²) in [5, 5.41) is 5.16. The highest BCUT2D eigenvalue weighted by Crippen LogP contribution is 2.27. The molecule has 162 valence electrons. The van der Waals surface area contributed by atoms with Crippen LogP contribution in [0.25, 0.3) is 0 Å². The summed E-state index contributed by atoms with van der Waals surface area (Å²) in [7, 11) is 3.11. The van der Waals surface area contributed by atoms with Crippen LogP contribution >= 0.6 is 0 Å². The highest BCUT2D eigenvalue weighted by Gasteiger charge is 2.18. The number of amides is 2. The van der Waals surface area contributed by atoms with Crippen molar-refractivity contribution in [2.45, 2.75) is 39.2 Å². The Morgan fingerprint density at radius 1 is 0.967 bits per heavy atom. The second kappa shape index (κ2) is 9.96. The zero-order chi connectivity index (χ0) is 22.3. The Morgan fingerprint density at radius 3 is 2.33 bits per heavy atom. The van der Waals surface area contributed by atoms with E-state index < -0.39 is 17.5 Å². The van der Waals surface area contributed by atoms with Gasteiger partial charge >= 0.3 is 6.09 Å². The Morgan fingerprint density at radius 2 is 1.70 bits per heavy atom. The topological polar surface area (TPSA) is 85.9 Å². The lowest BCUT2D eigenvalue weighted by Gasteiger charge is -2.20. The van der Waals surface area contributed by atoms with E-state index in [9.17, 15) is 14.0 Å². The molecular formula is C22H27FN2O5. The minimum Gasteiger partial charge on any atom is -0.497 e. The van der Waals surface area contributed by atoms with E-state index in [0.717, 1.165) is 11.6 Å². The number of hydrogen-bond acceptors (Lipinski definition) is 5. The largest absolute Gasteiger partial charge is 0.497 e. The molecule has 2 N–H and O–H groups in total. The lowest BCUT2D eigenvalue weighted by Crippen LogP contribution is -2.27. The normalized spacial score (nSPS) is 10.9. The van der Waals surface area contributed by atoms with Crippen molar-refractivity contribution in [3.05, 3.63) is 47.8 Å². The van der Waals surface area contributed by atoms with Crippen molar-refractivity contribution in [3.63, 3.8) is 0 Å². The van der Waals surface area contributed by atoms with Crippen LogP contribution in [0.5, 0.6) is 11.5 Å². The van der Waals surface area contributed by atoms with Crippen molar-refractivity contribution in [2.24, 2.45) is 0 Å². The average molecular weight is 418 g/mol. The number of carbonyl (C=O) groups excluding carboxylic acids is 2. The molecule has 0 saturated carbocycles. The van der Waals surface area contributed by atoms with Gasteiger partial charge in [-0.2, -0.15) is 0 Å². The first-order valence-corrected chi connectivity index (χ1v) is 9.41. The molecule has 2 aromatic carbocycles. The van der Waals surface area contributed by atoms with Gasteiger partial charge in [-0.3, -0.25) is 10.1 Å². The number of rotatable bonds is 7. The van der Waals surface area contributed by atoms with E-state index in [1.807, 2.05) is 0 Å². The summed E-state index contributed by atoms with van der Waals surface area (Å²) < 4.78 is 29.4. The molecule has 0 saturated heterocycles. The third kappa shape index (κ3) is 6.95. The van der Waals surface area contributed by atoms with Crippen LogP contribution in [0.1, 0.15) is 32.8 Å². The number of anilines is 2. The fraction of sp³-hybridized carbons (Fsp3) is 0.364. The fourth-order valence-electron chi connectivity index (χ4n) is 2.68. The van der Waals surface area contributed by atoms with Gasteiger partial charge in [0.1, 0.15) is 22.9 Å². The quantitative estimate of drug-likeness (QED) is 0.677. The predicted molar refractivity (Wildman–Crippen MR) is 113 cm³/mol. The lowest BCUT2D eigenvalue weighted by atomic mass is 10.1. The third-order valence-electron chi connectivity index (χ3n) is 4.00.